The summed E-state index contributed by atoms with van der Waals surface area (Å²) in [6.07, 6.45) is 0.0528. The fraction of sp³-hybridized carbons (Fsp3) is 0.632. The number of aliphatic carboxylic acids is 2. The van der Waals surface area contributed by atoms with Crippen molar-refractivity contribution in [1.82, 2.24) is 19.8 Å². The average Bonchev–Trinajstić information content (AvgIpc) is 3.05. The van der Waals surface area contributed by atoms with E-state index in [1.54, 1.807) is 6.92 Å². The number of aryl methyl sites for hydroxylation is 1. The summed E-state index contributed by atoms with van der Waals surface area (Å²) in [7, 11) is 0. The minimum absolute atomic E-state index is 0.0255. The van der Waals surface area contributed by atoms with Gasteiger partial charge in [-0.3, -0.25) is 33.6 Å². The molecule has 2 heterocycles. The first-order valence-electron chi connectivity index (χ1n) is 10.1. The Hall–Kier alpha value is -3.03. The van der Waals surface area contributed by atoms with E-state index in [1.165, 1.54) is 15.7 Å². The first-order valence-corrected chi connectivity index (χ1v) is 10.1. The van der Waals surface area contributed by atoms with Gasteiger partial charge in [0.2, 0.25) is 5.91 Å². The van der Waals surface area contributed by atoms with Gasteiger partial charge >= 0.3 is 17.6 Å². The summed E-state index contributed by atoms with van der Waals surface area (Å²) in [5.74, 6) is -2.56. The molecule has 0 spiro atoms. The van der Waals surface area contributed by atoms with Gasteiger partial charge in [-0.25, -0.2) is 4.79 Å². The Labute approximate surface area is 182 Å². The number of aliphatic hydroxyl groups is 1. The SMILES string of the molecule is Cc1cn([C@H]2C[C@H](O)[C@@H](CNC(=O)CCCCN(CC(=O)O)CC(=O)O)O2)c(=O)[nH]c1=O. The smallest absolute Gasteiger partial charge is 0.330 e. The number of carboxylic acids is 2. The Kier molecular flexibility index (Phi) is 9.11. The molecule has 1 fully saturated rings. The van der Waals surface area contributed by atoms with Crippen molar-refractivity contribution in [2.75, 3.05) is 26.2 Å². The molecule has 0 bridgehead atoms. The third kappa shape index (κ3) is 7.59. The van der Waals surface area contributed by atoms with Crippen LogP contribution in [0, 0.1) is 6.92 Å². The van der Waals surface area contributed by atoms with Crippen LogP contribution in [0.4, 0.5) is 0 Å². The number of amides is 1. The van der Waals surface area contributed by atoms with E-state index in [0.717, 1.165) is 0 Å². The molecule has 0 radical (unpaired) electrons. The van der Waals surface area contributed by atoms with E-state index < -0.39 is 54.7 Å². The number of unbranched alkanes of at least 4 members (excludes halogenated alkanes) is 1. The standard InChI is InChI=1S/C19H28N4O9/c1-11-8-23(19(31)21-18(11)30)15-6-12(24)13(32-15)7-20-14(25)4-2-3-5-22(9-16(26)27)10-17(28)29/h8,12-13,15,24H,2-7,9-10H2,1H3,(H,20,25)(H,26,27)(H,28,29)(H,21,30,31)/t12-,13+,15+/m0/s1. The highest BCUT2D eigenvalue weighted by Crippen LogP contribution is 2.27. The summed E-state index contributed by atoms with van der Waals surface area (Å²) >= 11 is 0. The molecule has 1 aromatic rings. The minimum Gasteiger partial charge on any atom is -0.480 e. The van der Waals surface area contributed by atoms with Crippen LogP contribution in [0.25, 0.3) is 0 Å². The van der Waals surface area contributed by atoms with Crippen LogP contribution in [-0.2, 0) is 19.1 Å². The zero-order valence-electron chi connectivity index (χ0n) is 17.7. The quantitative estimate of drug-likeness (QED) is 0.225. The summed E-state index contributed by atoms with van der Waals surface area (Å²) in [4.78, 5) is 60.5. The number of rotatable bonds is 12. The second-order valence-corrected chi connectivity index (χ2v) is 7.67. The van der Waals surface area contributed by atoms with Crippen molar-refractivity contribution in [3.63, 3.8) is 0 Å². The number of carbonyl (C=O) groups excluding carboxylic acids is 1. The molecule has 2 rings (SSSR count). The Morgan fingerprint density at radius 3 is 2.50 bits per heavy atom. The molecule has 13 nitrogen and oxygen atoms in total. The van der Waals surface area contributed by atoms with Crippen molar-refractivity contribution in [3.8, 4) is 0 Å². The summed E-state index contributed by atoms with van der Waals surface area (Å²) in [5.41, 5.74) is -0.824. The van der Waals surface area contributed by atoms with Crippen LogP contribution < -0.4 is 16.6 Å². The lowest BCUT2D eigenvalue weighted by Crippen LogP contribution is -2.37. The van der Waals surface area contributed by atoms with Gasteiger partial charge in [0.25, 0.3) is 5.56 Å². The van der Waals surface area contributed by atoms with E-state index in [2.05, 4.69) is 10.3 Å². The van der Waals surface area contributed by atoms with Crippen LogP contribution in [-0.4, -0.2) is 86.0 Å². The first-order chi connectivity index (χ1) is 15.1. The molecule has 32 heavy (non-hydrogen) atoms. The van der Waals surface area contributed by atoms with Gasteiger partial charge in [0.15, 0.2) is 0 Å². The van der Waals surface area contributed by atoms with Gasteiger partial charge in [0.05, 0.1) is 19.2 Å². The summed E-state index contributed by atoms with van der Waals surface area (Å²) in [6, 6.07) is 0. The zero-order chi connectivity index (χ0) is 23.8. The lowest BCUT2D eigenvalue weighted by molar-refractivity contribution is -0.141. The number of carbonyl (C=O) groups is 3. The van der Waals surface area contributed by atoms with Crippen molar-refractivity contribution < 1.29 is 34.4 Å². The van der Waals surface area contributed by atoms with Crippen molar-refractivity contribution in [3.05, 3.63) is 32.6 Å². The maximum atomic E-state index is 12.0. The molecular formula is C19H28N4O9. The van der Waals surface area contributed by atoms with Crippen LogP contribution in [0.2, 0.25) is 0 Å². The van der Waals surface area contributed by atoms with E-state index >= 15 is 0 Å². The molecule has 178 valence electrons. The second-order valence-electron chi connectivity index (χ2n) is 7.67. The summed E-state index contributed by atoms with van der Waals surface area (Å²) in [5, 5.41) is 30.5. The number of H-pyrrole nitrogens is 1. The van der Waals surface area contributed by atoms with E-state index in [1.807, 2.05) is 0 Å². The predicted octanol–water partition coefficient (Wildman–Crippen LogP) is -1.75. The lowest BCUT2D eigenvalue weighted by Gasteiger charge is -2.18. The Balaban J connectivity index is 1.75. The lowest BCUT2D eigenvalue weighted by atomic mass is 10.1. The van der Waals surface area contributed by atoms with Crippen LogP contribution in [0.15, 0.2) is 15.8 Å². The molecule has 0 unspecified atom stereocenters. The molecule has 1 aliphatic rings. The van der Waals surface area contributed by atoms with Crippen molar-refractivity contribution in [1.29, 1.82) is 0 Å². The number of aromatic nitrogens is 2. The fourth-order valence-electron chi connectivity index (χ4n) is 3.39. The molecule has 5 N–H and O–H groups in total. The van der Waals surface area contributed by atoms with E-state index in [0.29, 0.717) is 18.4 Å². The topological polar surface area (TPSA) is 191 Å². The van der Waals surface area contributed by atoms with Gasteiger partial charge in [-0.05, 0) is 26.3 Å². The first kappa shape index (κ1) is 25.2. The highest BCUT2D eigenvalue weighted by molar-refractivity contribution is 5.75. The molecule has 0 saturated carbocycles. The number of hydrogen-bond acceptors (Lipinski definition) is 8. The predicted molar refractivity (Wildman–Crippen MR) is 109 cm³/mol. The van der Waals surface area contributed by atoms with Gasteiger partial charge < -0.3 is 25.4 Å². The number of ether oxygens (including phenoxy) is 1. The maximum absolute atomic E-state index is 12.0. The number of nitrogens with one attached hydrogen (secondary N) is 2. The largest absolute Gasteiger partial charge is 0.480 e. The molecule has 1 saturated heterocycles. The monoisotopic (exact) mass is 456 g/mol. The average molecular weight is 456 g/mol. The molecule has 0 aliphatic carbocycles. The summed E-state index contributed by atoms with van der Waals surface area (Å²) in [6.45, 7) is 1.01. The van der Waals surface area contributed by atoms with Gasteiger partial charge in [-0.2, -0.15) is 0 Å². The van der Waals surface area contributed by atoms with Gasteiger partial charge in [-0.15, -0.1) is 0 Å². The maximum Gasteiger partial charge on any atom is 0.330 e. The second kappa shape index (κ2) is 11.5. The number of aromatic amines is 1. The zero-order valence-corrected chi connectivity index (χ0v) is 17.7. The molecule has 0 aromatic carbocycles. The molecule has 1 aromatic heterocycles. The van der Waals surface area contributed by atoms with E-state index in [-0.39, 0.29) is 31.8 Å². The van der Waals surface area contributed by atoms with Crippen molar-refractivity contribution in [2.45, 2.75) is 51.0 Å². The third-order valence-electron chi connectivity index (χ3n) is 5.01. The summed E-state index contributed by atoms with van der Waals surface area (Å²) < 4.78 is 6.87. The van der Waals surface area contributed by atoms with Crippen LogP contribution >= 0.6 is 0 Å². The molecular weight excluding hydrogens is 428 g/mol. The molecule has 13 heteroatoms. The Morgan fingerprint density at radius 1 is 1.22 bits per heavy atom. The van der Waals surface area contributed by atoms with Gasteiger partial charge in [0.1, 0.15) is 12.3 Å². The van der Waals surface area contributed by atoms with Crippen molar-refractivity contribution in [2.24, 2.45) is 0 Å². The fourth-order valence-corrected chi connectivity index (χ4v) is 3.39. The van der Waals surface area contributed by atoms with E-state index in [4.69, 9.17) is 14.9 Å². The van der Waals surface area contributed by atoms with Crippen LogP contribution in [0.5, 0.6) is 0 Å². The minimum atomic E-state index is -1.13. The Morgan fingerprint density at radius 2 is 1.88 bits per heavy atom. The normalized spacial score (nSPS) is 20.4. The number of carboxylic acid groups (broad SMARTS) is 2. The van der Waals surface area contributed by atoms with Crippen LogP contribution in [0.1, 0.15) is 37.5 Å². The molecule has 1 aliphatic heterocycles. The van der Waals surface area contributed by atoms with Crippen molar-refractivity contribution >= 4 is 17.8 Å². The third-order valence-corrected chi connectivity index (χ3v) is 5.01. The van der Waals surface area contributed by atoms with E-state index in [9.17, 15) is 29.1 Å². The molecule has 1 amide bonds. The number of aliphatic hydroxyl groups excluding tert-OH is 1. The Bertz CT molecular complexity index is 925. The highest BCUT2D eigenvalue weighted by Gasteiger charge is 2.35. The molecule has 3 atom stereocenters. The van der Waals surface area contributed by atoms with Gasteiger partial charge in [0, 0.05) is 31.1 Å². The number of nitrogens with zero attached hydrogens (tertiary/aromatic N) is 2. The van der Waals surface area contributed by atoms with Crippen LogP contribution in [0.3, 0.4) is 0 Å². The number of hydrogen-bond donors (Lipinski definition) is 5. The van der Waals surface area contributed by atoms with Gasteiger partial charge in [-0.1, -0.05) is 0 Å². The highest BCUT2D eigenvalue weighted by atomic mass is 16.5.